The van der Waals surface area contributed by atoms with E-state index >= 15 is 0 Å². The molecule has 0 aliphatic rings. The Kier molecular flexibility index (Phi) is 7.10. The SMILES string of the molecule is c1ccc(-c2nc3ccc4ccc5ccc6cc(-c7cc(N(c8ccccc8)c8ccc9sc%10ccccc%10c9c8)cc8ccccc78)ccc6c5c4c3o2)cc1. The number of para-hydroxylation sites is 1. The summed E-state index contributed by atoms with van der Waals surface area (Å²) in [5.41, 5.74) is 8.37. The Labute approximate surface area is 332 Å². The van der Waals surface area contributed by atoms with Crippen LogP contribution >= 0.6 is 11.3 Å². The average molecular weight is 745 g/mol. The van der Waals surface area contributed by atoms with Gasteiger partial charge >= 0.3 is 0 Å². The number of fused-ring (bicyclic) bond motifs is 11. The van der Waals surface area contributed by atoms with Crippen molar-refractivity contribution in [1.82, 2.24) is 4.98 Å². The molecule has 10 aromatic carbocycles. The molecule has 3 nitrogen and oxygen atoms in total. The van der Waals surface area contributed by atoms with Crippen molar-refractivity contribution in [3.8, 4) is 22.6 Å². The van der Waals surface area contributed by atoms with Gasteiger partial charge in [0.15, 0.2) is 5.58 Å². The van der Waals surface area contributed by atoms with E-state index in [1.165, 1.54) is 63.6 Å². The first-order chi connectivity index (χ1) is 28.2. The van der Waals surface area contributed by atoms with Crippen LogP contribution in [0.1, 0.15) is 0 Å². The van der Waals surface area contributed by atoms with Crippen molar-refractivity contribution in [3.05, 3.63) is 194 Å². The lowest BCUT2D eigenvalue weighted by Gasteiger charge is -2.27. The third-order valence-electron chi connectivity index (χ3n) is 11.4. The lowest BCUT2D eigenvalue weighted by molar-refractivity contribution is 0.623. The maximum Gasteiger partial charge on any atom is 0.227 e. The molecule has 57 heavy (non-hydrogen) atoms. The second-order valence-electron chi connectivity index (χ2n) is 14.7. The molecule has 0 N–H and O–H groups in total. The van der Waals surface area contributed by atoms with E-state index in [1.54, 1.807) is 0 Å². The number of rotatable bonds is 5. The normalized spacial score (nSPS) is 11.9. The van der Waals surface area contributed by atoms with Gasteiger partial charge in [-0.15, -0.1) is 11.3 Å². The molecule has 2 heterocycles. The van der Waals surface area contributed by atoms with Crippen molar-refractivity contribution in [2.45, 2.75) is 0 Å². The molecule has 0 fully saturated rings. The van der Waals surface area contributed by atoms with Crippen LogP contribution in [0.4, 0.5) is 17.1 Å². The van der Waals surface area contributed by atoms with Crippen LogP contribution in [0.3, 0.4) is 0 Å². The summed E-state index contributed by atoms with van der Waals surface area (Å²) in [6.45, 7) is 0. The second kappa shape index (κ2) is 12.6. The van der Waals surface area contributed by atoms with Crippen LogP contribution in [0.2, 0.25) is 0 Å². The molecule has 2 aromatic heterocycles. The fourth-order valence-corrected chi connectivity index (χ4v) is 9.85. The predicted octanol–water partition coefficient (Wildman–Crippen LogP) is 15.6. The number of anilines is 3. The number of benzene rings is 10. The third kappa shape index (κ3) is 5.15. The molecule has 0 saturated carbocycles. The van der Waals surface area contributed by atoms with Crippen LogP contribution in [0.15, 0.2) is 199 Å². The number of thiophene rings is 1. The lowest BCUT2D eigenvalue weighted by atomic mass is 9.92. The molecule has 0 unspecified atom stereocenters. The third-order valence-corrected chi connectivity index (χ3v) is 12.6. The van der Waals surface area contributed by atoms with Gasteiger partial charge in [-0.2, -0.15) is 0 Å². The highest BCUT2D eigenvalue weighted by atomic mass is 32.1. The van der Waals surface area contributed by atoms with Gasteiger partial charge in [-0.1, -0.05) is 121 Å². The van der Waals surface area contributed by atoms with Gasteiger partial charge in [-0.25, -0.2) is 4.98 Å². The molecule has 0 bridgehead atoms. The molecule has 0 spiro atoms. The van der Waals surface area contributed by atoms with Gasteiger partial charge in [-0.05, 0) is 116 Å². The van der Waals surface area contributed by atoms with E-state index in [9.17, 15) is 0 Å². The Morgan fingerprint density at radius 3 is 1.95 bits per heavy atom. The quantitative estimate of drug-likeness (QED) is 0.164. The smallest absolute Gasteiger partial charge is 0.227 e. The second-order valence-corrected chi connectivity index (χ2v) is 15.8. The molecule has 266 valence electrons. The minimum Gasteiger partial charge on any atom is -0.435 e. The van der Waals surface area contributed by atoms with E-state index in [4.69, 9.17) is 9.40 Å². The molecule has 0 aliphatic heterocycles. The van der Waals surface area contributed by atoms with Crippen LogP contribution in [0.5, 0.6) is 0 Å². The first-order valence-corrected chi connectivity index (χ1v) is 20.1. The zero-order chi connectivity index (χ0) is 37.5. The van der Waals surface area contributed by atoms with E-state index in [0.717, 1.165) is 44.5 Å². The van der Waals surface area contributed by atoms with Gasteiger partial charge in [0.25, 0.3) is 0 Å². The number of nitrogens with zero attached hydrogens (tertiary/aromatic N) is 2. The number of hydrogen-bond donors (Lipinski definition) is 0. The van der Waals surface area contributed by atoms with Crippen molar-refractivity contribution >= 4 is 103 Å². The highest BCUT2D eigenvalue weighted by molar-refractivity contribution is 7.25. The van der Waals surface area contributed by atoms with Crippen LogP contribution in [-0.4, -0.2) is 4.98 Å². The van der Waals surface area contributed by atoms with E-state index in [-0.39, 0.29) is 0 Å². The number of oxazole rings is 1. The summed E-state index contributed by atoms with van der Waals surface area (Å²) >= 11 is 1.85. The van der Waals surface area contributed by atoms with Crippen LogP contribution in [0.25, 0.3) is 96.9 Å². The van der Waals surface area contributed by atoms with Gasteiger partial charge in [0.2, 0.25) is 5.89 Å². The summed E-state index contributed by atoms with van der Waals surface area (Å²) in [4.78, 5) is 7.32. The topological polar surface area (TPSA) is 29.3 Å². The van der Waals surface area contributed by atoms with E-state index in [1.807, 2.05) is 41.7 Å². The lowest BCUT2D eigenvalue weighted by Crippen LogP contribution is -2.10. The zero-order valence-electron chi connectivity index (χ0n) is 30.7. The maximum absolute atomic E-state index is 6.60. The summed E-state index contributed by atoms with van der Waals surface area (Å²) in [5, 5.41) is 11.9. The minimum absolute atomic E-state index is 0.637. The molecule has 0 saturated heterocycles. The van der Waals surface area contributed by atoms with Gasteiger partial charge in [0, 0.05) is 53.6 Å². The molecule has 0 atom stereocenters. The molecule has 4 heteroatoms. The summed E-state index contributed by atoms with van der Waals surface area (Å²) in [6, 6.07) is 70.0. The highest BCUT2D eigenvalue weighted by Gasteiger charge is 2.19. The predicted molar refractivity (Wildman–Crippen MR) is 242 cm³/mol. The fraction of sp³-hybridized carbons (Fsp3) is 0. The summed E-state index contributed by atoms with van der Waals surface area (Å²) in [5.74, 6) is 0.637. The Morgan fingerprint density at radius 1 is 0.404 bits per heavy atom. The Balaban J connectivity index is 1.06. The van der Waals surface area contributed by atoms with Crippen molar-refractivity contribution < 1.29 is 4.42 Å². The maximum atomic E-state index is 6.60. The van der Waals surface area contributed by atoms with E-state index < -0.39 is 0 Å². The van der Waals surface area contributed by atoms with Crippen LogP contribution < -0.4 is 4.90 Å². The summed E-state index contributed by atoms with van der Waals surface area (Å²) in [7, 11) is 0. The summed E-state index contributed by atoms with van der Waals surface area (Å²) in [6.07, 6.45) is 0. The minimum atomic E-state index is 0.637. The Hall–Kier alpha value is -7.27. The van der Waals surface area contributed by atoms with Crippen LogP contribution in [0, 0.1) is 0 Å². The largest absolute Gasteiger partial charge is 0.435 e. The first-order valence-electron chi connectivity index (χ1n) is 19.3. The number of hydrogen-bond acceptors (Lipinski definition) is 4. The van der Waals surface area contributed by atoms with Gasteiger partial charge in [0.05, 0.1) is 0 Å². The molecular weight excluding hydrogens is 713 g/mol. The monoisotopic (exact) mass is 744 g/mol. The van der Waals surface area contributed by atoms with Crippen LogP contribution in [-0.2, 0) is 0 Å². The van der Waals surface area contributed by atoms with Crippen molar-refractivity contribution in [2.24, 2.45) is 0 Å². The van der Waals surface area contributed by atoms with Gasteiger partial charge in [0.1, 0.15) is 5.52 Å². The fourth-order valence-electron chi connectivity index (χ4n) is 8.76. The Morgan fingerprint density at radius 2 is 1.09 bits per heavy atom. The standard InChI is InChI=1S/C53H32N2OS/c1-3-11-35(12-4-1)53-54-47-27-24-34-20-19-33-21-22-37-29-38(23-26-43(37)50(33)51(34)52(47)56-53)45-32-41(30-36-13-7-8-16-42(36)45)55(39-14-5-2-6-15-39)40-25-28-49-46(31-40)44-17-9-10-18-48(44)57-49/h1-32H. The van der Waals surface area contributed by atoms with Gasteiger partial charge in [-0.3, -0.25) is 0 Å². The first kappa shape index (κ1) is 32.0. The summed E-state index contributed by atoms with van der Waals surface area (Å²) < 4.78 is 9.20. The molecule has 12 aromatic rings. The number of aromatic nitrogens is 1. The molecule has 12 rings (SSSR count). The molecule has 0 radical (unpaired) electrons. The van der Waals surface area contributed by atoms with E-state index in [0.29, 0.717) is 5.89 Å². The molecule has 0 amide bonds. The van der Waals surface area contributed by atoms with Crippen molar-refractivity contribution in [2.75, 3.05) is 4.90 Å². The van der Waals surface area contributed by atoms with Gasteiger partial charge < -0.3 is 9.32 Å². The highest BCUT2D eigenvalue weighted by Crippen LogP contribution is 2.44. The van der Waals surface area contributed by atoms with E-state index in [2.05, 4.69) is 169 Å². The van der Waals surface area contributed by atoms with Crippen molar-refractivity contribution in [1.29, 1.82) is 0 Å². The Bertz CT molecular complexity index is 3530. The molecule has 0 aliphatic carbocycles. The zero-order valence-corrected chi connectivity index (χ0v) is 31.5. The average Bonchev–Trinajstić information content (AvgIpc) is 3.88. The molecular formula is C53H32N2OS. The van der Waals surface area contributed by atoms with Crippen molar-refractivity contribution in [3.63, 3.8) is 0 Å².